The van der Waals surface area contributed by atoms with Crippen molar-refractivity contribution < 1.29 is 14.6 Å². The molecular weight excluding hydrogens is 282 g/mol. The summed E-state index contributed by atoms with van der Waals surface area (Å²) >= 11 is 0. The highest BCUT2D eigenvalue weighted by molar-refractivity contribution is 5.94. The number of imidazole rings is 1. The molecule has 1 aromatic carbocycles. The summed E-state index contributed by atoms with van der Waals surface area (Å²) in [6.45, 7) is 2.16. The molecular formula is C16H15N3O3. The number of carbonyl (C=O) groups is 1. The van der Waals surface area contributed by atoms with Gasteiger partial charge in [0, 0.05) is 11.9 Å². The third kappa shape index (κ3) is 2.58. The fourth-order valence-electron chi connectivity index (χ4n) is 2.21. The van der Waals surface area contributed by atoms with Crippen LogP contribution in [-0.2, 0) is 6.61 Å². The first-order chi connectivity index (χ1) is 10.5. The first kappa shape index (κ1) is 13.9. The first-order valence-corrected chi connectivity index (χ1v) is 6.74. The highest BCUT2D eigenvalue weighted by Gasteiger charge is 2.17. The second kappa shape index (κ2) is 5.40. The van der Waals surface area contributed by atoms with Crippen LogP contribution in [-0.4, -0.2) is 20.5 Å². The maximum Gasteiger partial charge on any atom is 0.356 e. The van der Waals surface area contributed by atoms with Gasteiger partial charge in [0.1, 0.15) is 12.4 Å². The Kier molecular flexibility index (Phi) is 3.42. The molecule has 2 aromatic heterocycles. The Morgan fingerprint density at radius 3 is 2.73 bits per heavy atom. The highest BCUT2D eigenvalue weighted by atomic mass is 16.5. The van der Waals surface area contributed by atoms with Gasteiger partial charge in [-0.25, -0.2) is 9.78 Å². The molecule has 0 aliphatic rings. The summed E-state index contributed by atoms with van der Waals surface area (Å²) in [5.41, 5.74) is 7.77. The van der Waals surface area contributed by atoms with Crippen molar-refractivity contribution in [1.29, 1.82) is 0 Å². The monoisotopic (exact) mass is 297 g/mol. The zero-order chi connectivity index (χ0) is 15.7. The van der Waals surface area contributed by atoms with Crippen LogP contribution in [0.15, 0.2) is 42.6 Å². The number of aryl methyl sites for hydroxylation is 1. The summed E-state index contributed by atoms with van der Waals surface area (Å²) < 4.78 is 7.35. The average molecular weight is 297 g/mol. The summed E-state index contributed by atoms with van der Waals surface area (Å²) in [5.74, 6) is 0.118. The van der Waals surface area contributed by atoms with Crippen LogP contribution in [0.1, 0.15) is 21.9 Å². The number of anilines is 1. The van der Waals surface area contributed by atoms with Crippen molar-refractivity contribution in [2.75, 3.05) is 5.73 Å². The van der Waals surface area contributed by atoms with E-state index in [1.54, 1.807) is 22.7 Å². The van der Waals surface area contributed by atoms with Crippen LogP contribution in [0.5, 0.6) is 5.75 Å². The van der Waals surface area contributed by atoms with E-state index in [9.17, 15) is 9.90 Å². The smallest absolute Gasteiger partial charge is 0.356 e. The Hall–Kier alpha value is -3.02. The van der Waals surface area contributed by atoms with Gasteiger partial charge >= 0.3 is 5.97 Å². The minimum absolute atomic E-state index is 0.0326. The van der Waals surface area contributed by atoms with Gasteiger partial charge in [0.2, 0.25) is 0 Å². The number of hydrogen-bond donors (Lipinski definition) is 2. The fourth-order valence-corrected chi connectivity index (χ4v) is 2.21. The molecule has 3 aromatic rings. The minimum atomic E-state index is -1.09. The number of ether oxygens (including phenoxy) is 1. The van der Waals surface area contributed by atoms with Gasteiger partial charge in [-0.15, -0.1) is 0 Å². The third-order valence-corrected chi connectivity index (χ3v) is 3.33. The maximum absolute atomic E-state index is 11.3. The predicted octanol–water partition coefficient (Wildman–Crippen LogP) is 2.50. The van der Waals surface area contributed by atoms with Crippen LogP contribution >= 0.6 is 0 Å². The molecule has 0 amide bonds. The molecule has 0 bridgehead atoms. The topological polar surface area (TPSA) is 89.8 Å². The number of nitrogens with two attached hydrogens (primary N) is 1. The summed E-state index contributed by atoms with van der Waals surface area (Å²) in [6, 6.07) is 10.9. The van der Waals surface area contributed by atoms with Crippen LogP contribution in [0.4, 0.5) is 5.69 Å². The number of aromatic nitrogens is 2. The third-order valence-electron chi connectivity index (χ3n) is 3.33. The summed E-state index contributed by atoms with van der Waals surface area (Å²) in [7, 11) is 0. The van der Waals surface area contributed by atoms with Crippen molar-refractivity contribution in [2.45, 2.75) is 13.5 Å². The Morgan fingerprint density at radius 2 is 2.05 bits per heavy atom. The van der Waals surface area contributed by atoms with E-state index in [0.717, 1.165) is 5.56 Å². The maximum atomic E-state index is 11.3. The average Bonchev–Trinajstić information content (AvgIpc) is 2.85. The molecule has 22 heavy (non-hydrogen) atoms. The summed E-state index contributed by atoms with van der Waals surface area (Å²) in [4.78, 5) is 15.4. The lowest BCUT2D eigenvalue weighted by molar-refractivity contribution is 0.0693. The van der Waals surface area contributed by atoms with E-state index in [0.29, 0.717) is 22.8 Å². The van der Waals surface area contributed by atoms with Gasteiger partial charge in [0.05, 0.1) is 5.52 Å². The number of hydrogen-bond acceptors (Lipinski definition) is 4. The number of carboxylic acids is 1. The van der Waals surface area contributed by atoms with E-state index in [1.165, 1.54) is 0 Å². The zero-order valence-electron chi connectivity index (χ0n) is 12.0. The molecule has 6 nitrogen and oxygen atoms in total. The molecule has 6 heteroatoms. The number of rotatable bonds is 4. The van der Waals surface area contributed by atoms with Crippen molar-refractivity contribution in [1.82, 2.24) is 9.38 Å². The van der Waals surface area contributed by atoms with Crippen LogP contribution in [0.3, 0.4) is 0 Å². The van der Waals surface area contributed by atoms with Gasteiger partial charge in [0.25, 0.3) is 0 Å². The van der Waals surface area contributed by atoms with Crippen LogP contribution in [0, 0.1) is 6.92 Å². The van der Waals surface area contributed by atoms with E-state index in [2.05, 4.69) is 4.98 Å². The second-order valence-corrected chi connectivity index (χ2v) is 5.00. The Labute approximate surface area is 126 Å². The lowest BCUT2D eigenvalue weighted by Crippen LogP contribution is -2.01. The number of nitrogen functional groups attached to an aromatic ring is 1. The van der Waals surface area contributed by atoms with Crippen LogP contribution in [0.25, 0.3) is 5.52 Å². The molecule has 3 N–H and O–H groups in total. The number of pyridine rings is 1. The largest absolute Gasteiger partial charge is 0.486 e. The molecule has 0 saturated heterocycles. The van der Waals surface area contributed by atoms with E-state index in [-0.39, 0.29) is 12.3 Å². The van der Waals surface area contributed by atoms with E-state index >= 15 is 0 Å². The molecule has 0 aliphatic carbocycles. The molecule has 0 atom stereocenters. The SMILES string of the molecule is Cc1ccc(OCc2nc(C(=O)O)c3cc(N)ccn23)cc1. The highest BCUT2D eigenvalue weighted by Crippen LogP contribution is 2.19. The van der Waals surface area contributed by atoms with Gasteiger partial charge in [-0.3, -0.25) is 4.40 Å². The molecule has 0 spiro atoms. The molecule has 0 radical (unpaired) electrons. The standard InChI is InChI=1S/C16H15N3O3/c1-10-2-4-12(5-3-10)22-9-14-18-15(16(20)21)13-8-11(17)6-7-19(13)14/h2-8H,9,17H2,1H3,(H,20,21). The normalized spacial score (nSPS) is 10.8. The Bertz CT molecular complexity index is 838. The summed E-state index contributed by atoms with van der Waals surface area (Å²) in [5, 5.41) is 9.25. The minimum Gasteiger partial charge on any atom is -0.486 e. The molecule has 0 fully saturated rings. The molecule has 2 heterocycles. The van der Waals surface area contributed by atoms with Gasteiger partial charge in [-0.1, -0.05) is 17.7 Å². The van der Waals surface area contributed by atoms with Crippen molar-refractivity contribution in [3.8, 4) is 5.75 Å². The first-order valence-electron chi connectivity index (χ1n) is 6.74. The lowest BCUT2D eigenvalue weighted by atomic mass is 10.2. The number of carboxylic acid groups (broad SMARTS) is 1. The lowest BCUT2D eigenvalue weighted by Gasteiger charge is -2.06. The van der Waals surface area contributed by atoms with Crippen LogP contribution < -0.4 is 10.5 Å². The zero-order valence-corrected chi connectivity index (χ0v) is 12.0. The molecule has 0 aliphatic heterocycles. The molecule has 0 unspecified atom stereocenters. The van der Waals surface area contributed by atoms with Crippen molar-refractivity contribution >= 4 is 17.2 Å². The van der Waals surface area contributed by atoms with Crippen molar-refractivity contribution in [3.05, 3.63) is 59.7 Å². The molecule has 112 valence electrons. The quantitative estimate of drug-likeness (QED) is 0.772. The van der Waals surface area contributed by atoms with E-state index < -0.39 is 5.97 Å². The van der Waals surface area contributed by atoms with Crippen molar-refractivity contribution in [3.63, 3.8) is 0 Å². The van der Waals surface area contributed by atoms with Gasteiger partial charge in [-0.2, -0.15) is 0 Å². The molecule has 0 saturated carbocycles. The predicted molar refractivity (Wildman–Crippen MR) is 82.1 cm³/mol. The van der Waals surface area contributed by atoms with Gasteiger partial charge in [-0.05, 0) is 31.2 Å². The fraction of sp³-hybridized carbons (Fsp3) is 0.125. The number of aromatic carboxylic acids is 1. The second-order valence-electron chi connectivity index (χ2n) is 5.00. The summed E-state index contributed by atoms with van der Waals surface area (Å²) in [6.07, 6.45) is 1.69. The van der Waals surface area contributed by atoms with E-state index in [4.69, 9.17) is 10.5 Å². The van der Waals surface area contributed by atoms with Crippen LogP contribution in [0.2, 0.25) is 0 Å². The number of benzene rings is 1. The van der Waals surface area contributed by atoms with Crippen molar-refractivity contribution in [2.24, 2.45) is 0 Å². The molecule has 3 rings (SSSR count). The van der Waals surface area contributed by atoms with Gasteiger partial charge < -0.3 is 15.6 Å². The van der Waals surface area contributed by atoms with E-state index in [1.807, 2.05) is 31.2 Å². The number of fused-ring (bicyclic) bond motifs is 1. The Morgan fingerprint density at radius 1 is 1.32 bits per heavy atom. The van der Waals surface area contributed by atoms with Gasteiger partial charge in [0.15, 0.2) is 11.5 Å². The Balaban J connectivity index is 1.93. The number of nitrogens with zero attached hydrogens (tertiary/aromatic N) is 2.